The Morgan fingerprint density at radius 1 is 1.44 bits per heavy atom. The standard InChI is InChI=1S/C11H19NO3S/c1-15-8-2-5-11(6-3-8)12-9(10(13)14)4-7-16-11/h8-9,12H,2-7H2,1H3,(H,13,14). The van der Waals surface area contributed by atoms with Crippen molar-refractivity contribution in [2.24, 2.45) is 0 Å². The first kappa shape index (κ1) is 12.2. The van der Waals surface area contributed by atoms with Gasteiger partial charge in [0.25, 0.3) is 0 Å². The van der Waals surface area contributed by atoms with Gasteiger partial charge in [-0.2, -0.15) is 0 Å². The van der Waals surface area contributed by atoms with Crippen LogP contribution >= 0.6 is 11.8 Å². The Balaban J connectivity index is 1.95. The SMILES string of the molecule is COC1CCC2(CC1)NC(C(=O)O)CCS2. The van der Waals surface area contributed by atoms with E-state index in [1.165, 1.54) is 0 Å². The largest absolute Gasteiger partial charge is 0.480 e. The molecule has 4 nitrogen and oxygen atoms in total. The van der Waals surface area contributed by atoms with Crippen LogP contribution in [0.3, 0.4) is 0 Å². The molecule has 1 heterocycles. The molecular formula is C11H19NO3S. The summed E-state index contributed by atoms with van der Waals surface area (Å²) in [4.78, 5) is 11.0. The van der Waals surface area contributed by atoms with Gasteiger partial charge in [-0.3, -0.25) is 10.1 Å². The number of hydrogen-bond donors (Lipinski definition) is 2. The van der Waals surface area contributed by atoms with Crippen LogP contribution in [0.25, 0.3) is 0 Å². The summed E-state index contributed by atoms with van der Waals surface area (Å²) < 4.78 is 5.35. The van der Waals surface area contributed by atoms with Crippen LogP contribution in [0, 0.1) is 0 Å². The number of carbonyl (C=O) groups is 1. The molecule has 0 amide bonds. The first-order valence-corrected chi connectivity index (χ1v) is 6.81. The van der Waals surface area contributed by atoms with E-state index >= 15 is 0 Å². The van der Waals surface area contributed by atoms with E-state index < -0.39 is 5.97 Å². The molecule has 2 fully saturated rings. The number of thioether (sulfide) groups is 1. The van der Waals surface area contributed by atoms with Gasteiger partial charge < -0.3 is 9.84 Å². The normalized spacial score (nSPS) is 39.8. The van der Waals surface area contributed by atoms with Gasteiger partial charge in [-0.15, -0.1) is 11.8 Å². The van der Waals surface area contributed by atoms with Crippen molar-refractivity contribution in [3.05, 3.63) is 0 Å². The van der Waals surface area contributed by atoms with Crippen LogP contribution < -0.4 is 5.32 Å². The van der Waals surface area contributed by atoms with Crippen molar-refractivity contribution in [3.63, 3.8) is 0 Å². The van der Waals surface area contributed by atoms with Gasteiger partial charge >= 0.3 is 5.97 Å². The highest BCUT2D eigenvalue weighted by atomic mass is 32.2. The molecule has 0 radical (unpaired) electrons. The Labute approximate surface area is 100 Å². The van der Waals surface area contributed by atoms with Crippen molar-refractivity contribution in [1.82, 2.24) is 5.32 Å². The van der Waals surface area contributed by atoms with Crippen LogP contribution in [0.4, 0.5) is 0 Å². The molecule has 0 aromatic carbocycles. The predicted molar refractivity (Wildman–Crippen MR) is 63.6 cm³/mol. The zero-order chi connectivity index (χ0) is 11.6. The Hall–Kier alpha value is -0.260. The van der Waals surface area contributed by atoms with E-state index in [1.807, 2.05) is 11.8 Å². The lowest BCUT2D eigenvalue weighted by Crippen LogP contribution is -2.56. The highest BCUT2D eigenvalue weighted by Crippen LogP contribution is 2.41. The van der Waals surface area contributed by atoms with Crippen molar-refractivity contribution in [2.45, 2.75) is 49.1 Å². The first-order valence-electron chi connectivity index (χ1n) is 5.82. The monoisotopic (exact) mass is 245 g/mol. The van der Waals surface area contributed by atoms with Gasteiger partial charge in [0.05, 0.1) is 11.0 Å². The van der Waals surface area contributed by atoms with Crippen molar-refractivity contribution in [1.29, 1.82) is 0 Å². The lowest BCUT2D eigenvalue weighted by Gasteiger charge is -2.44. The third kappa shape index (κ3) is 2.52. The van der Waals surface area contributed by atoms with Crippen molar-refractivity contribution < 1.29 is 14.6 Å². The summed E-state index contributed by atoms with van der Waals surface area (Å²) in [6.45, 7) is 0. The van der Waals surface area contributed by atoms with Gasteiger partial charge in [-0.25, -0.2) is 0 Å². The molecule has 0 aromatic heterocycles. The Bertz CT molecular complexity index is 264. The second-order valence-electron chi connectivity index (χ2n) is 4.60. The van der Waals surface area contributed by atoms with Crippen molar-refractivity contribution in [2.75, 3.05) is 12.9 Å². The van der Waals surface area contributed by atoms with Crippen LogP contribution in [0.1, 0.15) is 32.1 Å². The minimum atomic E-state index is -0.714. The molecule has 2 rings (SSSR count). The van der Waals surface area contributed by atoms with Crippen molar-refractivity contribution in [3.8, 4) is 0 Å². The highest BCUT2D eigenvalue weighted by Gasteiger charge is 2.41. The molecule has 1 saturated heterocycles. The number of hydrogen-bond acceptors (Lipinski definition) is 4. The van der Waals surface area contributed by atoms with Gasteiger partial charge in [0.2, 0.25) is 0 Å². The van der Waals surface area contributed by atoms with Gasteiger partial charge in [0.1, 0.15) is 6.04 Å². The molecule has 2 aliphatic rings. The molecule has 1 unspecified atom stereocenters. The smallest absolute Gasteiger partial charge is 0.320 e. The van der Waals surface area contributed by atoms with Crippen LogP contribution in [-0.2, 0) is 9.53 Å². The zero-order valence-electron chi connectivity index (χ0n) is 9.57. The fraction of sp³-hybridized carbons (Fsp3) is 0.909. The summed E-state index contributed by atoms with van der Waals surface area (Å²) in [7, 11) is 1.75. The fourth-order valence-electron chi connectivity index (χ4n) is 2.57. The number of aliphatic carboxylic acids is 1. The second kappa shape index (κ2) is 4.94. The first-order chi connectivity index (χ1) is 7.65. The molecule has 5 heteroatoms. The molecule has 1 aliphatic heterocycles. The molecule has 1 aliphatic carbocycles. The van der Waals surface area contributed by atoms with E-state index in [0.29, 0.717) is 6.10 Å². The number of rotatable bonds is 2. The number of methoxy groups -OCH3 is 1. The summed E-state index contributed by atoms with van der Waals surface area (Å²) >= 11 is 1.89. The molecular weight excluding hydrogens is 226 g/mol. The van der Waals surface area contributed by atoms with Crippen LogP contribution in [0.5, 0.6) is 0 Å². The average molecular weight is 245 g/mol. The van der Waals surface area contributed by atoms with Crippen molar-refractivity contribution >= 4 is 17.7 Å². The topological polar surface area (TPSA) is 58.6 Å². The van der Waals surface area contributed by atoms with Gasteiger partial charge in [-0.1, -0.05) is 0 Å². The molecule has 0 aromatic rings. The summed E-state index contributed by atoms with van der Waals surface area (Å²) in [5.74, 6) is 0.232. The van der Waals surface area contributed by atoms with Crippen LogP contribution in [-0.4, -0.2) is 41.0 Å². The number of ether oxygens (including phenoxy) is 1. The quantitative estimate of drug-likeness (QED) is 0.771. The maximum atomic E-state index is 11.0. The third-order valence-corrected chi connectivity index (χ3v) is 5.11. The lowest BCUT2D eigenvalue weighted by molar-refractivity contribution is -0.140. The van der Waals surface area contributed by atoms with Gasteiger partial charge in [-0.05, 0) is 37.9 Å². The average Bonchev–Trinajstić information content (AvgIpc) is 2.30. The molecule has 1 atom stereocenters. The Morgan fingerprint density at radius 2 is 2.12 bits per heavy atom. The van der Waals surface area contributed by atoms with E-state index in [2.05, 4.69) is 5.32 Å². The molecule has 2 N–H and O–H groups in total. The maximum absolute atomic E-state index is 11.0. The molecule has 0 bridgehead atoms. The summed E-state index contributed by atoms with van der Waals surface area (Å²) in [5.41, 5.74) is 0. The fourth-order valence-corrected chi connectivity index (χ4v) is 4.06. The third-order valence-electron chi connectivity index (χ3n) is 3.59. The molecule has 92 valence electrons. The Morgan fingerprint density at radius 3 is 2.69 bits per heavy atom. The van der Waals surface area contributed by atoms with E-state index in [0.717, 1.165) is 37.9 Å². The zero-order valence-corrected chi connectivity index (χ0v) is 10.4. The number of carboxylic acid groups (broad SMARTS) is 1. The molecule has 1 spiro atoms. The lowest BCUT2D eigenvalue weighted by atomic mass is 9.91. The van der Waals surface area contributed by atoms with E-state index in [4.69, 9.17) is 9.84 Å². The minimum absolute atomic E-state index is 0.00363. The van der Waals surface area contributed by atoms with E-state index in [1.54, 1.807) is 7.11 Å². The van der Waals surface area contributed by atoms with Gasteiger partial charge in [0, 0.05) is 7.11 Å². The summed E-state index contributed by atoms with van der Waals surface area (Å²) in [6.07, 6.45) is 5.18. The van der Waals surface area contributed by atoms with E-state index in [-0.39, 0.29) is 10.9 Å². The maximum Gasteiger partial charge on any atom is 0.320 e. The van der Waals surface area contributed by atoms with Gasteiger partial charge in [0.15, 0.2) is 0 Å². The second-order valence-corrected chi connectivity index (χ2v) is 6.08. The Kier molecular flexibility index (Phi) is 3.77. The predicted octanol–water partition coefficient (Wildman–Crippen LogP) is 1.45. The highest BCUT2D eigenvalue weighted by molar-refractivity contribution is 8.00. The molecule has 1 saturated carbocycles. The minimum Gasteiger partial charge on any atom is -0.480 e. The van der Waals surface area contributed by atoms with Crippen LogP contribution in [0.2, 0.25) is 0 Å². The number of carboxylic acids is 1. The summed E-state index contributed by atoms with van der Waals surface area (Å²) in [5, 5.41) is 12.4. The van der Waals surface area contributed by atoms with Crippen LogP contribution in [0.15, 0.2) is 0 Å². The van der Waals surface area contributed by atoms with E-state index in [9.17, 15) is 4.79 Å². The number of nitrogens with one attached hydrogen (secondary N) is 1. The molecule has 16 heavy (non-hydrogen) atoms. The summed E-state index contributed by atoms with van der Waals surface area (Å²) in [6, 6.07) is -0.361.